The standard InChI is InChI=1S/C14H17NO2/c16-12-8-13(10-4-2-1-3-5-10)17-14-9-15-7-6-11(12)14/h6-7,9-10,13H,1-5,8H2. The van der Waals surface area contributed by atoms with Crippen LogP contribution in [0.4, 0.5) is 0 Å². The number of aromatic nitrogens is 1. The van der Waals surface area contributed by atoms with Crippen molar-refractivity contribution in [3.63, 3.8) is 0 Å². The van der Waals surface area contributed by atoms with Crippen LogP contribution < -0.4 is 4.74 Å². The smallest absolute Gasteiger partial charge is 0.170 e. The van der Waals surface area contributed by atoms with Crippen LogP contribution in [0.25, 0.3) is 0 Å². The molecular weight excluding hydrogens is 214 g/mol. The van der Waals surface area contributed by atoms with Crippen molar-refractivity contribution in [2.75, 3.05) is 0 Å². The van der Waals surface area contributed by atoms with Crippen LogP contribution in [0.3, 0.4) is 0 Å². The number of carbonyl (C=O) groups excluding carboxylic acids is 1. The van der Waals surface area contributed by atoms with Gasteiger partial charge in [-0.05, 0) is 24.8 Å². The molecule has 0 bridgehead atoms. The summed E-state index contributed by atoms with van der Waals surface area (Å²) in [6.07, 6.45) is 10.2. The molecule has 17 heavy (non-hydrogen) atoms. The highest BCUT2D eigenvalue weighted by Gasteiger charge is 2.32. The van der Waals surface area contributed by atoms with Crippen molar-refractivity contribution >= 4 is 5.78 Å². The highest BCUT2D eigenvalue weighted by atomic mass is 16.5. The summed E-state index contributed by atoms with van der Waals surface area (Å²) in [6.45, 7) is 0. The van der Waals surface area contributed by atoms with Gasteiger partial charge in [0.05, 0.1) is 11.8 Å². The van der Waals surface area contributed by atoms with E-state index in [-0.39, 0.29) is 11.9 Å². The molecule has 3 heteroatoms. The summed E-state index contributed by atoms with van der Waals surface area (Å²) in [5, 5.41) is 0. The van der Waals surface area contributed by atoms with Crippen molar-refractivity contribution in [2.24, 2.45) is 5.92 Å². The summed E-state index contributed by atoms with van der Waals surface area (Å²) >= 11 is 0. The zero-order valence-corrected chi connectivity index (χ0v) is 9.89. The summed E-state index contributed by atoms with van der Waals surface area (Å²) in [5.41, 5.74) is 0.701. The lowest BCUT2D eigenvalue weighted by atomic mass is 9.82. The maximum Gasteiger partial charge on any atom is 0.170 e. The molecule has 2 aliphatic rings. The van der Waals surface area contributed by atoms with Gasteiger partial charge in [0, 0.05) is 12.6 Å². The predicted molar refractivity (Wildman–Crippen MR) is 64.2 cm³/mol. The molecule has 2 heterocycles. The van der Waals surface area contributed by atoms with E-state index in [1.165, 1.54) is 32.1 Å². The monoisotopic (exact) mass is 231 g/mol. The van der Waals surface area contributed by atoms with Gasteiger partial charge in [-0.25, -0.2) is 0 Å². The third-order valence-corrected chi connectivity index (χ3v) is 3.93. The summed E-state index contributed by atoms with van der Waals surface area (Å²) in [4.78, 5) is 16.1. The quantitative estimate of drug-likeness (QED) is 0.745. The van der Waals surface area contributed by atoms with Gasteiger partial charge in [0.1, 0.15) is 11.9 Å². The number of ether oxygens (including phenoxy) is 1. The molecule has 1 fully saturated rings. The molecule has 90 valence electrons. The van der Waals surface area contributed by atoms with Gasteiger partial charge in [-0.2, -0.15) is 0 Å². The lowest BCUT2D eigenvalue weighted by Gasteiger charge is -2.33. The van der Waals surface area contributed by atoms with Gasteiger partial charge < -0.3 is 4.74 Å². The molecule has 1 aliphatic heterocycles. The number of carbonyl (C=O) groups is 1. The van der Waals surface area contributed by atoms with Crippen molar-refractivity contribution in [1.29, 1.82) is 0 Å². The Morgan fingerprint density at radius 1 is 1.24 bits per heavy atom. The molecule has 1 aromatic rings. The third kappa shape index (κ3) is 2.06. The van der Waals surface area contributed by atoms with Crippen LogP contribution in [0.2, 0.25) is 0 Å². The van der Waals surface area contributed by atoms with E-state index in [0.717, 1.165) is 0 Å². The van der Waals surface area contributed by atoms with Crippen LogP contribution in [0.1, 0.15) is 48.9 Å². The lowest BCUT2D eigenvalue weighted by molar-refractivity contribution is 0.0653. The largest absolute Gasteiger partial charge is 0.487 e. The van der Waals surface area contributed by atoms with Crippen LogP contribution in [-0.2, 0) is 0 Å². The minimum absolute atomic E-state index is 0.0829. The normalized spacial score (nSPS) is 25.2. The zero-order chi connectivity index (χ0) is 11.7. The molecule has 0 amide bonds. The maximum atomic E-state index is 12.0. The van der Waals surface area contributed by atoms with Crippen LogP contribution in [0.15, 0.2) is 18.5 Å². The van der Waals surface area contributed by atoms with E-state index >= 15 is 0 Å². The number of pyridine rings is 1. The van der Waals surface area contributed by atoms with E-state index in [1.54, 1.807) is 18.5 Å². The lowest BCUT2D eigenvalue weighted by Crippen LogP contribution is -2.34. The Morgan fingerprint density at radius 2 is 2.06 bits per heavy atom. The van der Waals surface area contributed by atoms with E-state index in [4.69, 9.17) is 4.74 Å². The van der Waals surface area contributed by atoms with E-state index in [1.807, 2.05) is 0 Å². The Balaban J connectivity index is 1.80. The van der Waals surface area contributed by atoms with Crippen LogP contribution in [0, 0.1) is 5.92 Å². The molecular formula is C14H17NO2. The second kappa shape index (κ2) is 4.47. The third-order valence-electron chi connectivity index (χ3n) is 3.93. The van der Waals surface area contributed by atoms with Gasteiger partial charge in [0.25, 0.3) is 0 Å². The summed E-state index contributed by atoms with van der Waals surface area (Å²) in [5.74, 6) is 1.45. The number of Topliss-reactive ketones (excluding diaryl/α,β-unsaturated/α-hetero) is 1. The molecule has 1 aliphatic carbocycles. The number of hydrogen-bond acceptors (Lipinski definition) is 3. The second-order valence-corrected chi connectivity index (χ2v) is 5.05. The summed E-state index contributed by atoms with van der Waals surface area (Å²) < 4.78 is 5.96. The Hall–Kier alpha value is -1.38. The van der Waals surface area contributed by atoms with Crippen molar-refractivity contribution in [3.05, 3.63) is 24.0 Å². The van der Waals surface area contributed by atoms with Gasteiger partial charge >= 0.3 is 0 Å². The number of hydrogen-bond donors (Lipinski definition) is 0. The number of ketones is 1. The van der Waals surface area contributed by atoms with E-state index in [9.17, 15) is 4.79 Å². The topological polar surface area (TPSA) is 39.2 Å². The average molecular weight is 231 g/mol. The van der Waals surface area contributed by atoms with E-state index < -0.39 is 0 Å². The Labute approximate surface area is 101 Å². The fourth-order valence-electron chi connectivity index (χ4n) is 2.97. The van der Waals surface area contributed by atoms with Crippen LogP contribution in [-0.4, -0.2) is 16.9 Å². The fourth-order valence-corrected chi connectivity index (χ4v) is 2.97. The molecule has 0 radical (unpaired) electrons. The minimum Gasteiger partial charge on any atom is -0.487 e. The SMILES string of the molecule is O=C1CC(C2CCCCC2)Oc2cnccc21. The number of nitrogens with zero attached hydrogens (tertiary/aromatic N) is 1. The van der Waals surface area contributed by atoms with Crippen LogP contribution in [0.5, 0.6) is 5.75 Å². The zero-order valence-electron chi connectivity index (χ0n) is 9.89. The molecule has 0 saturated heterocycles. The van der Waals surface area contributed by atoms with Crippen molar-refractivity contribution in [2.45, 2.75) is 44.6 Å². The molecule has 1 saturated carbocycles. The maximum absolute atomic E-state index is 12.0. The number of fused-ring (bicyclic) bond motifs is 1. The van der Waals surface area contributed by atoms with Gasteiger partial charge in [0.2, 0.25) is 0 Å². The van der Waals surface area contributed by atoms with Crippen molar-refractivity contribution < 1.29 is 9.53 Å². The van der Waals surface area contributed by atoms with Crippen LogP contribution >= 0.6 is 0 Å². The predicted octanol–water partition coefficient (Wildman–Crippen LogP) is 3.00. The first-order valence-electron chi connectivity index (χ1n) is 6.48. The fraction of sp³-hybridized carbons (Fsp3) is 0.571. The molecule has 1 atom stereocenters. The van der Waals surface area contributed by atoms with Crippen molar-refractivity contribution in [1.82, 2.24) is 4.98 Å². The van der Waals surface area contributed by atoms with E-state index in [0.29, 0.717) is 23.7 Å². The molecule has 0 N–H and O–H groups in total. The summed E-state index contributed by atoms with van der Waals surface area (Å²) in [6, 6.07) is 1.76. The van der Waals surface area contributed by atoms with Gasteiger partial charge in [-0.1, -0.05) is 19.3 Å². The Morgan fingerprint density at radius 3 is 2.88 bits per heavy atom. The molecule has 1 unspecified atom stereocenters. The highest BCUT2D eigenvalue weighted by Crippen LogP contribution is 2.35. The molecule has 3 rings (SSSR count). The average Bonchev–Trinajstić information content (AvgIpc) is 2.40. The first-order valence-corrected chi connectivity index (χ1v) is 6.48. The van der Waals surface area contributed by atoms with Gasteiger partial charge in [0.15, 0.2) is 5.78 Å². The first kappa shape index (κ1) is 10.8. The molecule has 3 nitrogen and oxygen atoms in total. The second-order valence-electron chi connectivity index (χ2n) is 5.05. The van der Waals surface area contributed by atoms with E-state index in [2.05, 4.69) is 4.98 Å². The van der Waals surface area contributed by atoms with Gasteiger partial charge in [-0.3, -0.25) is 9.78 Å². The van der Waals surface area contributed by atoms with Crippen molar-refractivity contribution in [3.8, 4) is 5.75 Å². The molecule has 0 spiro atoms. The minimum atomic E-state index is 0.0829. The first-order chi connectivity index (χ1) is 8.34. The molecule has 0 aromatic carbocycles. The molecule has 1 aromatic heterocycles. The Kier molecular flexibility index (Phi) is 2.83. The summed E-state index contributed by atoms with van der Waals surface area (Å²) in [7, 11) is 0. The highest BCUT2D eigenvalue weighted by molar-refractivity contribution is 5.99. The van der Waals surface area contributed by atoms with Gasteiger partial charge in [-0.15, -0.1) is 0 Å². The Bertz CT molecular complexity index is 424. The number of rotatable bonds is 1.